The Morgan fingerprint density at radius 1 is 1.46 bits per heavy atom. The number of carbonyl (C=O) groups is 1. The molecule has 1 N–H and O–H groups in total. The lowest BCUT2D eigenvalue weighted by atomic mass is 10.1. The predicted octanol–water partition coefficient (Wildman–Crippen LogP) is 2.62. The fourth-order valence-electron chi connectivity index (χ4n) is 0.996. The Morgan fingerprint density at radius 3 is 2.77 bits per heavy atom. The van der Waals surface area contributed by atoms with Crippen LogP contribution in [-0.4, -0.2) is 11.4 Å². The van der Waals surface area contributed by atoms with Gasteiger partial charge in [-0.3, -0.25) is 0 Å². The van der Waals surface area contributed by atoms with Crippen LogP contribution < -0.4 is 0 Å². The van der Waals surface area contributed by atoms with Crippen molar-refractivity contribution >= 4 is 29.5 Å². The lowest BCUT2D eigenvalue weighted by Crippen LogP contribution is -1.98. The molecule has 0 fully saturated rings. The van der Waals surface area contributed by atoms with Crippen molar-refractivity contribution in [2.24, 2.45) is 0 Å². The van der Waals surface area contributed by atoms with Crippen LogP contribution in [0.1, 0.15) is 18.1 Å². The summed E-state index contributed by atoms with van der Waals surface area (Å²) in [5.41, 5.74) is 0.487. The number of aliphatic hydroxyl groups excluding tert-OH is 1. The minimum Gasteiger partial charge on any atom is -0.388 e. The molecule has 13 heavy (non-hydrogen) atoms. The first-order valence-corrected chi connectivity index (χ1v) is 4.48. The SMILES string of the molecule is O=CCC(O)c1cccc(Cl)c1Cl. The van der Waals surface area contributed by atoms with Crippen molar-refractivity contribution in [1.29, 1.82) is 0 Å². The Hall–Kier alpha value is -0.570. The third-order valence-electron chi connectivity index (χ3n) is 1.66. The molecular weight excluding hydrogens is 211 g/mol. The zero-order chi connectivity index (χ0) is 9.84. The smallest absolute Gasteiger partial charge is 0.122 e. The average Bonchev–Trinajstić information content (AvgIpc) is 2.10. The lowest BCUT2D eigenvalue weighted by molar-refractivity contribution is -0.109. The first kappa shape index (κ1) is 10.5. The highest BCUT2D eigenvalue weighted by molar-refractivity contribution is 6.42. The van der Waals surface area contributed by atoms with Crippen LogP contribution in [0.4, 0.5) is 0 Å². The molecule has 0 aliphatic carbocycles. The van der Waals surface area contributed by atoms with Gasteiger partial charge >= 0.3 is 0 Å². The molecule has 1 aromatic rings. The normalized spacial score (nSPS) is 12.5. The summed E-state index contributed by atoms with van der Waals surface area (Å²) in [5, 5.41) is 10.1. The molecule has 0 aromatic heterocycles. The van der Waals surface area contributed by atoms with E-state index in [9.17, 15) is 9.90 Å². The molecule has 0 bridgehead atoms. The molecular formula is C9H8Cl2O2. The first-order valence-electron chi connectivity index (χ1n) is 3.72. The Balaban J connectivity index is 3.00. The third-order valence-corrected chi connectivity index (χ3v) is 2.49. The minimum atomic E-state index is -0.872. The molecule has 0 aliphatic heterocycles. The van der Waals surface area contributed by atoms with E-state index in [-0.39, 0.29) is 6.42 Å². The van der Waals surface area contributed by atoms with E-state index in [4.69, 9.17) is 23.2 Å². The summed E-state index contributed by atoms with van der Waals surface area (Å²) in [4.78, 5) is 10.1. The van der Waals surface area contributed by atoms with Crippen molar-refractivity contribution in [3.8, 4) is 0 Å². The predicted molar refractivity (Wildman–Crippen MR) is 52.1 cm³/mol. The second-order valence-electron chi connectivity index (χ2n) is 2.56. The third kappa shape index (κ3) is 2.44. The number of aliphatic hydroxyl groups is 1. The Morgan fingerprint density at radius 2 is 2.15 bits per heavy atom. The highest BCUT2D eigenvalue weighted by atomic mass is 35.5. The maximum absolute atomic E-state index is 10.1. The van der Waals surface area contributed by atoms with E-state index in [2.05, 4.69) is 0 Å². The largest absolute Gasteiger partial charge is 0.388 e. The molecule has 0 radical (unpaired) electrons. The molecule has 2 nitrogen and oxygen atoms in total. The van der Waals surface area contributed by atoms with Crippen LogP contribution in [0.3, 0.4) is 0 Å². The zero-order valence-electron chi connectivity index (χ0n) is 6.71. The summed E-state index contributed by atoms with van der Waals surface area (Å²) in [7, 11) is 0. The van der Waals surface area contributed by atoms with E-state index in [0.717, 1.165) is 0 Å². The van der Waals surface area contributed by atoms with Gasteiger partial charge in [0, 0.05) is 12.0 Å². The number of hydrogen-bond donors (Lipinski definition) is 1. The Labute approximate surface area is 86.1 Å². The van der Waals surface area contributed by atoms with Gasteiger partial charge in [0.1, 0.15) is 6.29 Å². The molecule has 0 saturated heterocycles. The van der Waals surface area contributed by atoms with E-state index < -0.39 is 6.10 Å². The van der Waals surface area contributed by atoms with E-state index in [1.165, 1.54) is 0 Å². The summed E-state index contributed by atoms with van der Waals surface area (Å²) < 4.78 is 0. The van der Waals surface area contributed by atoms with Crippen LogP contribution in [0.5, 0.6) is 0 Å². The minimum absolute atomic E-state index is 0.0278. The van der Waals surface area contributed by atoms with Crippen LogP contribution >= 0.6 is 23.2 Å². The van der Waals surface area contributed by atoms with Crippen LogP contribution in [-0.2, 0) is 4.79 Å². The van der Waals surface area contributed by atoms with Gasteiger partial charge in [-0.15, -0.1) is 0 Å². The number of rotatable bonds is 3. The highest BCUT2D eigenvalue weighted by Crippen LogP contribution is 2.30. The number of aldehydes is 1. The van der Waals surface area contributed by atoms with E-state index in [1.807, 2.05) is 0 Å². The standard InChI is InChI=1S/C9H8Cl2O2/c10-7-3-1-2-6(9(7)11)8(13)4-5-12/h1-3,5,8,13H,4H2. The molecule has 0 aliphatic rings. The number of halogens is 2. The van der Waals surface area contributed by atoms with Crippen molar-refractivity contribution in [1.82, 2.24) is 0 Å². The highest BCUT2D eigenvalue weighted by Gasteiger charge is 2.12. The summed E-state index contributed by atoms with van der Waals surface area (Å²) in [6, 6.07) is 4.95. The van der Waals surface area contributed by atoms with Crippen LogP contribution in [0.25, 0.3) is 0 Å². The van der Waals surface area contributed by atoms with E-state index in [1.54, 1.807) is 18.2 Å². The van der Waals surface area contributed by atoms with Crippen molar-refractivity contribution in [3.05, 3.63) is 33.8 Å². The lowest BCUT2D eigenvalue weighted by Gasteiger charge is -2.09. The number of carbonyl (C=O) groups excluding carboxylic acids is 1. The Kier molecular flexibility index (Phi) is 3.72. The first-order chi connectivity index (χ1) is 6.16. The van der Waals surface area contributed by atoms with Crippen LogP contribution in [0.15, 0.2) is 18.2 Å². The van der Waals surface area contributed by atoms with E-state index in [0.29, 0.717) is 21.9 Å². The molecule has 1 unspecified atom stereocenters. The average molecular weight is 219 g/mol. The Bertz CT molecular complexity index is 312. The topological polar surface area (TPSA) is 37.3 Å². The van der Waals surface area contributed by atoms with Crippen molar-refractivity contribution in [3.63, 3.8) is 0 Å². The number of benzene rings is 1. The summed E-state index contributed by atoms with van der Waals surface area (Å²) >= 11 is 11.5. The van der Waals surface area contributed by atoms with Crippen molar-refractivity contribution in [2.45, 2.75) is 12.5 Å². The molecule has 4 heteroatoms. The van der Waals surface area contributed by atoms with Crippen LogP contribution in [0.2, 0.25) is 10.0 Å². The maximum atomic E-state index is 10.1. The summed E-state index contributed by atoms with van der Waals surface area (Å²) in [6.07, 6.45) is -0.203. The van der Waals surface area contributed by atoms with Gasteiger partial charge in [-0.05, 0) is 6.07 Å². The van der Waals surface area contributed by atoms with Crippen molar-refractivity contribution < 1.29 is 9.90 Å². The monoisotopic (exact) mass is 218 g/mol. The molecule has 1 aromatic carbocycles. The maximum Gasteiger partial charge on any atom is 0.122 e. The molecule has 1 rings (SSSR count). The molecule has 0 saturated carbocycles. The molecule has 0 heterocycles. The molecule has 1 atom stereocenters. The summed E-state index contributed by atoms with van der Waals surface area (Å²) in [6.45, 7) is 0. The second kappa shape index (κ2) is 4.61. The van der Waals surface area contributed by atoms with Gasteiger partial charge in [0.25, 0.3) is 0 Å². The van der Waals surface area contributed by atoms with Gasteiger partial charge in [0.05, 0.1) is 16.1 Å². The van der Waals surface area contributed by atoms with Gasteiger partial charge in [-0.2, -0.15) is 0 Å². The van der Waals surface area contributed by atoms with Gasteiger partial charge in [-0.1, -0.05) is 35.3 Å². The van der Waals surface area contributed by atoms with Crippen LogP contribution in [0, 0.1) is 0 Å². The number of hydrogen-bond acceptors (Lipinski definition) is 2. The molecule has 70 valence electrons. The fraction of sp³-hybridized carbons (Fsp3) is 0.222. The fourth-order valence-corrected chi connectivity index (χ4v) is 1.43. The molecule has 0 spiro atoms. The second-order valence-corrected chi connectivity index (χ2v) is 3.35. The summed E-state index contributed by atoms with van der Waals surface area (Å²) in [5.74, 6) is 0. The zero-order valence-corrected chi connectivity index (χ0v) is 8.22. The van der Waals surface area contributed by atoms with Gasteiger partial charge in [0.15, 0.2) is 0 Å². The van der Waals surface area contributed by atoms with E-state index >= 15 is 0 Å². The quantitative estimate of drug-likeness (QED) is 0.793. The van der Waals surface area contributed by atoms with Gasteiger partial charge in [0.2, 0.25) is 0 Å². The van der Waals surface area contributed by atoms with Gasteiger partial charge < -0.3 is 9.90 Å². The van der Waals surface area contributed by atoms with Crippen molar-refractivity contribution in [2.75, 3.05) is 0 Å². The molecule has 0 amide bonds. The van der Waals surface area contributed by atoms with Gasteiger partial charge in [-0.25, -0.2) is 0 Å².